The summed E-state index contributed by atoms with van der Waals surface area (Å²) in [6.45, 7) is 0. The van der Waals surface area contributed by atoms with E-state index in [1.54, 1.807) is 6.07 Å². The SMILES string of the molecule is Fc1ccc2c(ccc3nc(-c4cc5ccccc5c5ccccc45)ccc32)c1. The van der Waals surface area contributed by atoms with Crippen molar-refractivity contribution in [2.75, 3.05) is 0 Å². The van der Waals surface area contributed by atoms with Gasteiger partial charge in [-0.1, -0.05) is 66.7 Å². The number of hydrogen-bond acceptors (Lipinski definition) is 1. The van der Waals surface area contributed by atoms with Gasteiger partial charge in [0, 0.05) is 10.9 Å². The first-order valence-corrected chi connectivity index (χ1v) is 9.68. The molecule has 0 saturated carbocycles. The molecule has 0 saturated heterocycles. The van der Waals surface area contributed by atoms with Gasteiger partial charge in [-0.25, -0.2) is 9.37 Å². The van der Waals surface area contributed by atoms with E-state index in [9.17, 15) is 4.39 Å². The van der Waals surface area contributed by atoms with E-state index in [2.05, 4.69) is 66.7 Å². The predicted molar refractivity (Wildman–Crippen MR) is 120 cm³/mol. The highest BCUT2D eigenvalue weighted by Crippen LogP contribution is 2.35. The molecule has 6 rings (SSSR count). The maximum absolute atomic E-state index is 13.6. The summed E-state index contributed by atoms with van der Waals surface area (Å²) in [5.74, 6) is -0.218. The summed E-state index contributed by atoms with van der Waals surface area (Å²) < 4.78 is 13.6. The van der Waals surface area contributed by atoms with Crippen LogP contribution in [0.4, 0.5) is 4.39 Å². The van der Waals surface area contributed by atoms with Gasteiger partial charge in [0.05, 0.1) is 11.2 Å². The molecule has 0 spiro atoms. The van der Waals surface area contributed by atoms with Crippen molar-refractivity contribution in [2.24, 2.45) is 0 Å². The van der Waals surface area contributed by atoms with Gasteiger partial charge in [0.2, 0.25) is 0 Å². The van der Waals surface area contributed by atoms with E-state index in [0.29, 0.717) is 0 Å². The number of pyridine rings is 1. The molecule has 0 aliphatic carbocycles. The van der Waals surface area contributed by atoms with Crippen molar-refractivity contribution < 1.29 is 4.39 Å². The first-order valence-electron chi connectivity index (χ1n) is 9.68. The minimum atomic E-state index is -0.218. The van der Waals surface area contributed by atoms with E-state index < -0.39 is 0 Å². The Hall–Kier alpha value is -3.78. The number of rotatable bonds is 1. The second kappa shape index (κ2) is 6.11. The number of benzene rings is 5. The quantitative estimate of drug-likeness (QED) is 0.272. The van der Waals surface area contributed by atoms with Gasteiger partial charge in [0.25, 0.3) is 0 Å². The van der Waals surface area contributed by atoms with Crippen molar-refractivity contribution in [3.05, 3.63) is 103 Å². The molecular formula is C27H16FN. The minimum Gasteiger partial charge on any atom is -0.248 e. The normalized spacial score (nSPS) is 11.6. The lowest BCUT2D eigenvalue weighted by atomic mass is 9.95. The number of fused-ring (bicyclic) bond motifs is 6. The molecule has 2 heteroatoms. The average molecular weight is 373 g/mol. The second-order valence-corrected chi connectivity index (χ2v) is 7.39. The van der Waals surface area contributed by atoms with E-state index in [-0.39, 0.29) is 5.82 Å². The summed E-state index contributed by atoms with van der Waals surface area (Å²) in [5.41, 5.74) is 2.99. The van der Waals surface area contributed by atoms with Crippen LogP contribution in [0.1, 0.15) is 0 Å². The highest BCUT2D eigenvalue weighted by atomic mass is 19.1. The third kappa shape index (κ3) is 2.50. The maximum Gasteiger partial charge on any atom is 0.123 e. The summed E-state index contributed by atoms with van der Waals surface area (Å²) in [5, 5.41) is 7.83. The first-order chi connectivity index (χ1) is 14.3. The number of aromatic nitrogens is 1. The van der Waals surface area contributed by atoms with Crippen molar-refractivity contribution in [2.45, 2.75) is 0 Å². The number of hydrogen-bond donors (Lipinski definition) is 0. The molecule has 1 aromatic heterocycles. The molecule has 1 heterocycles. The van der Waals surface area contributed by atoms with Crippen LogP contribution >= 0.6 is 0 Å². The summed E-state index contributed by atoms with van der Waals surface area (Å²) in [4.78, 5) is 4.98. The lowest BCUT2D eigenvalue weighted by Crippen LogP contribution is -1.89. The van der Waals surface area contributed by atoms with Crippen molar-refractivity contribution in [3.63, 3.8) is 0 Å². The Morgan fingerprint density at radius 1 is 0.517 bits per heavy atom. The van der Waals surface area contributed by atoms with E-state index >= 15 is 0 Å². The van der Waals surface area contributed by atoms with Gasteiger partial charge in [-0.2, -0.15) is 0 Å². The highest BCUT2D eigenvalue weighted by Gasteiger charge is 2.11. The molecule has 6 aromatic rings. The number of nitrogens with zero attached hydrogens (tertiary/aromatic N) is 1. The third-order valence-electron chi connectivity index (χ3n) is 5.69. The Morgan fingerprint density at radius 3 is 2.10 bits per heavy atom. The molecule has 0 atom stereocenters. The van der Waals surface area contributed by atoms with Crippen LogP contribution in [-0.4, -0.2) is 4.98 Å². The molecule has 5 aromatic carbocycles. The predicted octanol–water partition coefficient (Wildman–Crippen LogP) is 7.50. The van der Waals surface area contributed by atoms with Crippen LogP contribution in [0.5, 0.6) is 0 Å². The van der Waals surface area contributed by atoms with Gasteiger partial charge < -0.3 is 0 Å². The Balaban J connectivity index is 1.66. The Morgan fingerprint density at radius 2 is 1.21 bits per heavy atom. The van der Waals surface area contributed by atoms with E-state index in [1.807, 2.05) is 18.2 Å². The van der Waals surface area contributed by atoms with Crippen molar-refractivity contribution in [1.82, 2.24) is 4.98 Å². The van der Waals surface area contributed by atoms with Crippen molar-refractivity contribution in [3.8, 4) is 11.3 Å². The molecule has 0 aliphatic rings. The largest absolute Gasteiger partial charge is 0.248 e. The molecule has 29 heavy (non-hydrogen) atoms. The van der Waals surface area contributed by atoms with E-state index in [4.69, 9.17) is 4.98 Å². The smallest absolute Gasteiger partial charge is 0.123 e. The van der Waals surface area contributed by atoms with Crippen LogP contribution in [0.25, 0.3) is 54.5 Å². The monoisotopic (exact) mass is 373 g/mol. The maximum atomic E-state index is 13.6. The standard InChI is InChI=1S/C27H16FN/c28-19-10-11-21-18(15-19)9-13-26-24(21)12-14-27(29-26)25-16-17-5-1-2-6-20(17)22-7-3-4-8-23(22)25/h1-16H. The average Bonchev–Trinajstić information content (AvgIpc) is 2.78. The van der Waals surface area contributed by atoms with Crippen LogP contribution in [0.3, 0.4) is 0 Å². The molecule has 0 fully saturated rings. The topological polar surface area (TPSA) is 12.9 Å². The number of halogens is 1. The van der Waals surface area contributed by atoms with Crippen molar-refractivity contribution >= 4 is 43.2 Å². The van der Waals surface area contributed by atoms with Gasteiger partial charge in [0.1, 0.15) is 5.82 Å². The lowest BCUT2D eigenvalue weighted by molar-refractivity contribution is 0.630. The van der Waals surface area contributed by atoms with Crippen LogP contribution in [0.2, 0.25) is 0 Å². The van der Waals surface area contributed by atoms with Gasteiger partial charge in [0.15, 0.2) is 0 Å². The van der Waals surface area contributed by atoms with Crippen LogP contribution < -0.4 is 0 Å². The molecule has 136 valence electrons. The fraction of sp³-hybridized carbons (Fsp3) is 0. The zero-order valence-corrected chi connectivity index (χ0v) is 15.6. The molecular weight excluding hydrogens is 357 g/mol. The van der Waals surface area contributed by atoms with Crippen molar-refractivity contribution in [1.29, 1.82) is 0 Å². The minimum absolute atomic E-state index is 0.218. The van der Waals surface area contributed by atoms with Crippen LogP contribution in [0.15, 0.2) is 97.1 Å². The summed E-state index contributed by atoms with van der Waals surface area (Å²) in [7, 11) is 0. The molecule has 1 nitrogen and oxygen atoms in total. The van der Waals surface area contributed by atoms with Gasteiger partial charge in [-0.15, -0.1) is 0 Å². The zero-order chi connectivity index (χ0) is 19.4. The second-order valence-electron chi connectivity index (χ2n) is 7.39. The van der Waals surface area contributed by atoms with E-state index in [1.165, 1.54) is 27.6 Å². The highest BCUT2D eigenvalue weighted by molar-refractivity contribution is 6.14. The molecule has 0 N–H and O–H groups in total. The third-order valence-corrected chi connectivity index (χ3v) is 5.69. The summed E-state index contributed by atoms with van der Waals surface area (Å²) in [6.07, 6.45) is 0. The van der Waals surface area contributed by atoms with Gasteiger partial charge in [-0.3, -0.25) is 0 Å². The van der Waals surface area contributed by atoms with E-state index in [0.717, 1.165) is 32.9 Å². The van der Waals surface area contributed by atoms with Crippen LogP contribution in [-0.2, 0) is 0 Å². The summed E-state index contributed by atoms with van der Waals surface area (Å²) >= 11 is 0. The fourth-order valence-corrected chi connectivity index (χ4v) is 4.33. The summed E-state index contributed by atoms with van der Waals surface area (Å²) in [6, 6.07) is 32.2. The Kier molecular flexibility index (Phi) is 3.41. The Bertz CT molecular complexity index is 1570. The first kappa shape index (κ1) is 16.2. The Labute approximate surface area is 167 Å². The lowest BCUT2D eigenvalue weighted by Gasteiger charge is -2.11. The fourth-order valence-electron chi connectivity index (χ4n) is 4.33. The molecule has 0 unspecified atom stereocenters. The van der Waals surface area contributed by atoms with Crippen LogP contribution in [0, 0.1) is 5.82 Å². The van der Waals surface area contributed by atoms with Gasteiger partial charge >= 0.3 is 0 Å². The molecule has 0 amide bonds. The molecule has 0 bridgehead atoms. The molecule has 0 radical (unpaired) electrons. The van der Waals surface area contributed by atoms with Gasteiger partial charge in [-0.05, 0) is 62.6 Å². The zero-order valence-electron chi connectivity index (χ0n) is 15.6. The molecule has 0 aliphatic heterocycles.